The number of halogens is 3. The summed E-state index contributed by atoms with van der Waals surface area (Å²) in [6.45, 7) is 2.09. The number of aromatic nitrogens is 2. The molecule has 3 aromatic rings. The maximum atomic E-state index is 13.0. The van der Waals surface area contributed by atoms with Gasteiger partial charge >= 0.3 is 0 Å². The van der Waals surface area contributed by atoms with Crippen molar-refractivity contribution in [2.24, 2.45) is 0 Å². The summed E-state index contributed by atoms with van der Waals surface area (Å²) in [5, 5.41) is 7.43. The van der Waals surface area contributed by atoms with Crippen molar-refractivity contribution in [2.75, 3.05) is 5.32 Å². The highest BCUT2D eigenvalue weighted by atomic mass is 127. The summed E-state index contributed by atoms with van der Waals surface area (Å²) in [4.78, 5) is 12.6. The maximum Gasteiger partial charge on any atom is 0.260 e. The summed E-state index contributed by atoms with van der Waals surface area (Å²) < 4.78 is 15.6. The van der Waals surface area contributed by atoms with Gasteiger partial charge in [0.05, 0.1) is 17.8 Å². The predicted molar refractivity (Wildman–Crippen MR) is 105 cm³/mol. The Hall–Kier alpha value is -1.93. The van der Waals surface area contributed by atoms with Gasteiger partial charge in [0, 0.05) is 9.26 Å². The molecule has 0 radical (unpaired) electrons. The SMILES string of the molecule is Cc1nn(Cc2ccc(F)cc2)c(Cl)c1C(=O)Nc1cccc(I)c1. The molecule has 0 saturated carbocycles. The molecule has 4 nitrogen and oxygen atoms in total. The van der Waals surface area contributed by atoms with Crippen LogP contribution in [0.3, 0.4) is 0 Å². The molecule has 0 aliphatic heterocycles. The molecule has 0 spiro atoms. The lowest BCUT2D eigenvalue weighted by Gasteiger charge is -2.06. The van der Waals surface area contributed by atoms with Gasteiger partial charge in [-0.15, -0.1) is 0 Å². The maximum absolute atomic E-state index is 13.0. The highest BCUT2D eigenvalue weighted by Crippen LogP contribution is 2.23. The lowest BCUT2D eigenvalue weighted by Crippen LogP contribution is -2.13. The number of hydrogen-bond donors (Lipinski definition) is 1. The molecule has 0 aliphatic carbocycles. The molecule has 3 rings (SSSR count). The van der Waals surface area contributed by atoms with Crippen molar-refractivity contribution in [1.29, 1.82) is 0 Å². The van der Waals surface area contributed by atoms with Gasteiger partial charge in [-0.05, 0) is 65.4 Å². The number of nitrogens with zero attached hydrogens (tertiary/aromatic N) is 2. The van der Waals surface area contributed by atoms with Crippen molar-refractivity contribution in [1.82, 2.24) is 9.78 Å². The van der Waals surface area contributed by atoms with Crippen LogP contribution in [0.5, 0.6) is 0 Å². The molecule has 1 aromatic heterocycles. The average molecular weight is 470 g/mol. The van der Waals surface area contributed by atoms with Gasteiger partial charge < -0.3 is 5.32 Å². The highest BCUT2D eigenvalue weighted by molar-refractivity contribution is 14.1. The minimum absolute atomic E-state index is 0.255. The fraction of sp³-hybridized carbons (Fsp3) is 0.111. The largest absolute Gasteiger partial charge is 0.322 e. The zero-order chi connectivity index (χ0) is 18.0. The Morgan fingerprint density at radius 2 is 2.00 bits per heavy atom. The summed E-state index contributed by atoms with van der Waals surface area (Å²) in [5.74, 6) is -0.612. The normalized spacial score (nSPS) is 10.7. The summed E-state index contributed by atoms with van der Waals surface area (Å²) in [6, 6.07) is 13.6. The molecule has 0 saturated heterocycles. The topological polar surface area (TPSA) is 46.9 Å². The lowest BCUT2D eigenvalue weighted by molar-refractivity contribution is 0.102. The molecule has 128 valence electrons. The molecule has 25 heavy (non-hydrogen) atoms. The Bertz CT molecular complexity index is 925. The molecule has 0 fully saturated rings. The molecule has 7 heteroatoms. The van der Waals surface area contributed by atoms with Crippen LogP contribution in [0.15, 0.2) is 48.5 Å². The number of nitrogens with one attached hydrogen (secondary N) is 1. The summed E-state index contributed by atoms with van der Waals surface area (Å²) in [6.07, 6.45) is 0. The van der Waals surface area contributed by atoms with Crippen LogP contribution in [0, 0.1) is 16.3 Å². The summed E-state index contributed by atoms with van der Waals surface area (Å²) in [5.41, 5.74) is 2.41. The molecule has 0 atom stereocenters. The van der Waals surface area contributed by atoms with E-state index < -0.39 is 0 Å². The van der Waals surface area contributed by atoms with Crippen LogP contribution >= 0.6 is 34.2 Å². The molecular weight excluding hydrogens is 456 g/mol. The number of carbonyl (C=O) groups is 1. The number of hydrogen-bond acceptors (Lipinski definition) is 2. The van der Waals surface area contributed by atoms with E-state index >= 15 is 0 Å². The number of anilines is 1. The van der Waals surface area contributed by atoms with Crippen LogP contribution in [0.1, 0.15) is 21.6 Å². The fourth-order valence-electron chi connectivity index (χ4n) is 2.44. The van der Waals surface area contributed by atoms with Gasteiger partial charge in [-0.2, -0.15) is 5.10 Å². The standard InChI is InChI=1S/C18H14ClFIN3O/c1-11-16(18(25)22-15-4-2-3-14(21)9-15)17(19)24(23-11)10-12-5-7-13(20)8-6-12/h2-9H,10H2,1H3,(H,22,25). The fourth-order valence-corrected chi connectivity index (χ4v) is 3.30. The van der Waals surface area contributed by atoms with Crippen molar-refractivity contribution in [2.45, 2.75) is 13.5 Å². The second-order valence-corrected chi connectivity index (χ2v) is 7.10. The monoisotopic (exact) mass is 469 g/mol. The molecule has 1 heterocycles. The first kappa shape index (κ1) is 17.9. The zero-order valence-corrected chi connectivity index (χ0v) is 16.2. The third kappa shape index (κ3) is 4.19. The van der Waals surface area contributed by atoms with E-state index in [0.717, 1.165) is 9.13 Å². The van der Waals surface area contributed by atoms with Crippen molar-refractivity contribution >= 4 is 45.8 Å². The van der Waals surface area contributed by atoms with Crippen molar-refractivity contribution < 1.29 is 9.18 Å². The van der Waals surface area contributed by atoms with Crippen LogP contribution < -0.4 is 5.32 Å². The molecule has 2 aromatic carbocycles. The van der Waals surface area contributed by atoms with Gasteiger partial charge in [-0.25, -0.2) is 9.07 Å². The molecule has 1 N–H and O–H groups in total. The quantitative estimate of drug-likeness (QED) is 0.553. The number of carbonyl (C=O) groups excluding carboxylic acids is 1. The summed E-state index contributed by atoms with van der Waals surface area (Å²) in [7, 11) is 0. The number of rotatable bonds is 4. The third-order valence-corrected chi connectivity index (χ3v) is 4.68. The Kier molecular flexibility index (Phi) is 5.39. The molecule has 1 amide bonds. The third-order valence-electron chi connectivity index (χ3n) is 3.62. The number of amides is 1. The second kappa shape index (κ2) is 7.53. The second-order valence-electron chi connectivity index (χ2n) is 5.50. The number of benzene rings is 2. The lowest BCUT2D eigenvalue weighted by atomic mass is 10.2. The first-order valence-corrected chi connectivity index (χ1v) is 8.94. The van der Waals surface area contributed by atoms with Gasteiger partial charge in [0.25, 0.3) is 5.91 Å². The van der Waals surface area contributed by atoms with E-state index in [1.54, 1.807) is 19.1 Å². The van der Waals surface area contributed by atoms with E-state index in [1.807, 2.05) is 24.3 Å². The first-order chi connectivity index (χ1) is 11.9. The molecule has 0 bridgehead atoms. The minimum atomic E-state index is -0.310. The highest BCUT2D eigenvalue weighted by Gasteiger charge is 2.20. The number of aryl methyl sites for hydroxylation is 1. The van der Waals surface area contributed by atoms with Crippen molar-refractivity contribution in [3.63, 3.8) is 0 Å². The van der Waals surface area contributed by atoms with Gasteiger partial charge in [-0.3, -0.25) is 4.79 Å². The van der Waals surface area contributed by atoms with Crippen LogP contribution in [-0.2, 0) is 6.54 Å². The van der Waals surface area contributed by atoms with Crippen molar-refractivity contribution in [3.05, 3.63) is 79.9 Å². The van der Waals surface area contributed by atoms with Gasteiger partial charge in [0.15, 0.2) is 0 Å². The Morgan fingerprint density at radius 3 is 2.68 bits per heavy atom. The van der Waals surface area contributed by atoms with Gasteiger partial charge in [-0.1, -0.05) is 29.8 Å². The van der Waals surface area contributed by atoms with E-state index in [0.29, 0.717) is 23.5 Å². The Morgan fingerprint density at radius 1 is 1.28 bits per heavy atom. The van der Waals surface area contributed by atoms with Gasteiger partial charge in [0.2, 0.25) is 0 Å². The Labute approximate surface area is 163 Å². The van der Waals surface area contributed by atoms with Crippen molar-refractivity contribution in [3.8, 4) is 0 Å². The van der Waals surface area contributed by atoms with Crippen LogP contribution in [0.2, 0.25) is 5.15 Å². The minimum Gasteiger partial charge on any atom is -0.322 e. The smallest absolute Gasteiger partial charge is 0.260 e. The van der Waals surface area contributed by atoms with Crippen LogP contribution in [0.25, 0.3) is 0 Å². The van der Waals surface area contributed by atoms with E-state index in [1.165, 1.54) is 16.8 Å². The van der Waals surface area contributed by atoms with E-state index in [4.69, 9.17) is 11.6 Å². The summed E-state index contributed by atoms with van der Waals surface area (Å²) >= 11 is 8.55. The molecule has 0 aliphatic rings. The van der Waals surface area contributed by atoms with E-state index in [2.05, 4.69) is 33.0 Å². The molecule has 0 unspecified atom stereocenters. The van der Waals surface area contributed by atoms with E-state index in [-0.39, 0.29) is 16.9 Å². The van der Waals surface area contributed by atoms with E-state index in [9.17, 15) is 9.18 Å². The molecular formula is C18H14ClFIN3O. The van der Waals surface area contributed by atoms with Crippen LogP contribution in [0.4, 0.5) is 10.1 Å². The first-order valence-electron chi connectivity index (χ1n) is 7.48. The Balaban J connectivity index is 1.83. The van der Waals surface area contributed by atoms with Crippen LogP contribution in [-0.4, -0.2) is 15.7 Å². The average Bonchev–Trinajstić information content (AvgIpc) is 2.83. The zero-order valence-electron chi connectivity index (χ0n) is 13.3. The predicted octanol–water partition coefficient (Wildman–Crippen LogP) is 4.89. The van der Waals surface area contributed by atoms with Gasteiger partial charge in [0.1, 0.15) is 11.0 Å².